The van der Waals surface area contributed by atoms with Crippen LogP contribution in [0.5, 0.6) is 0 Å². The topological polar surface area (TPSA) is 84.1 Å². The van der Waals surface area contributed by atoms with E-state index in [9.17, 15) is 9.59 Å². The molecule has 0 aliphatic carbocycles. The molecule has 0 bridgehead atoms. The van der Waals surface area contributed by atoms with Crippen LogP contribution < -0.4 is 5.32 Å². The first-order chi connectivity index (χ1) is 11.7. The van der Waals surface area contributed by atoms with Crippen LogP contribution in [0.1, 0.15) is 20.8 Å². The number of carbonyl (C=O) groups excluding carboxylic acids is 2. The smallest absolute Gasteiger partial charge is 0.337 e. The molecule has 1 heterocycles. The van der Waals surface area contributed by atoms with Gasteiger partial charge in [0.15, 0.2) is 0 Å². The average molecular weight is 321 g/mol. The molecule has 0 fully saturated rings. The third-order valence-corrected chi connectivity index (χ3v) is 3.46. The summed E-state index contributed by atoms with van der Waals surface area (Å²) in [6.07, 6.45) is 0. The summed E-state index contributed by atoms with van der Waals surface area (Å²) in [6, 6.07) is 17.7. The second-order valence-corrected chi connectivity index (χ2v) is 5.06. The second-order valence-electron chi connectivity index (χ2n) is 5.06. The molecule has 0 radical (unpaired) electrons. The number of carbonyl (C=O) groups is 2. The Labute approximate surface area is 138 Å². The summed E-state index contributed by atoms with van der Waals surface area (Å²) < 4.78 is 4.63. The van der Waals surface area contributed by atoms with Crippen LogP contribution in [0.25, 0.3) is 11.3 Å². The van der Waals surface area contributed by atoms with Gasteiger partial charge in [0.2, 0.25) is 0 Å². The van der Waals surface area contributed by atoms with E-state index in [-0.39, 0.29) is 5.91 Å². The molecule has 0 unspecified atom stereocenters. The second kappa shape index (κ2) is 6.78. The van der Waals surface area contributed by atoms with Gasteiger partial charge >= 0.3 is 5.97 Å². The van der Waals surface area contributed by atoms with E-state index in [1.165, 1.54) is 7.11 Å². The molecule has 1 aromatic heterocycles. The summed E-state index contributed by atoms with van der Waals surface area (Å²) in [5.74, 6) is -0.732. The van der Waals surface area contributed by atoms with E-state index < -0.39 is 5.97 Å². The lowest BCUT2D eigenvalue weighted by atomic mass is 10.1. The van der Waals surface area contributed by atoms with Gasteiger partial charge in [0.1, 0.15) is 5.69 Å². The van der Waals surface area contributed by atoms with Gasteiger partial charge in [-0.25, -0.2) is 4.79 Å². The Morgan fingerprint density at radius 1 is 1.04 bits per heavy atom. The van der Waals surface area contributed by atoms with Crippen LogP contribution in [0.3, 0.4) is 0 Å². The van der Waals surface area contributed by atoms with Crippen molar-refractivity contribution >= 4 is 17.6 Å². The van der Waals surface area contributed by atoms with E-state index >= 15 is 0 Å². The maximum atomic E-state index is 12.3. The molecule has 0 aliphatic heterocycles. The van der Waals surface area contributed by atoms with Crippen molar-refractivity contribution in [2.24, 2.45) is 0 Å². The number of hydrogen-bond acceptors (Lipinski definition) is 4. The van der Waals surface area contributed by atoms with Crippen molar-refractivity contribution in [1.82, 2.24) is 10.2 Å². The predicted octanol–water partition coefficient (Wildman–Crippen LogP) is 3.12. The SMILES string of the molecule is COC(=O)c1ccc(NC(=O)c2cc(-c3ccccc3)n[nH]2)cc1. The summed E-state index contributed by atoms with van der Waals surface area (Å²) in [6.45, 7) is 0. The van der Waals surface area contributed by atoms with E-state index in [0.717, 1.165) is 5.56 Å². The molecule has 0 spiro atoms. The molecule has 24 heavy (non-hydrogen) atoms. The first-order valence-electron chi connectivity index (χ1n) is 7.28. The minimum Gasteiger partial charge on any atom is -0.465 e. The normalized spacial score (nSPS) is 10.2. The van der Waals surface area contributed by atoms with Crippen LogP contribution in [-0.2, 0) is 4.74 Å². The molecular formula is C18H15N3O3. The van der Waals surface area contributed by atoms with E-state index in [1.54, 1.807) is 30.3 Å². The summed E-state index contributed by atoms with van der Waals surface area (Å²) in [5.41, 5.74) is 2.97. The zero-order valence-electron chi connectivity index (χ0n) is 12.9. The number of aromatic nitrogens is 2. The van der Waals surface area contributed by atoms with Crippen molar-refractivity contribution in [2.45, 2.75) is 0 Å². The summed E-state index contributed by atoms with van der Waals surface area (Å²) in [7, 11) is 1.32. The lowest BCUT2D eigenvalue weighted by Crippen LogP contribution is -2.12. The average Bonchev–Trinajstić information content (AvgIpc) is 3.13. The number of methoxy groups -OCH3 is 1. The number of ether oxygens (including phenoxy) is 1. The lowest BCUT2D eigenvalue weighted by Gasteiger charge is -2.04. The number of anilines is 1. The molecule has 2 N–H and O–H groups in total. The van der Waals surface area contributed by atoms with Crippen molar-refractivity contribution < 1.29 is 14.3 Å². The number of nitrogens with one attached hydrogen (secondary N) is 2. The Bertz CT molecular complexity index is 855. The number of esters is 1. The monoisotopic (exact) mass is 321 g/mol. The Balaban J connectivity index is 1.71. The molecule has 6 nitrogen and oxygen atoms in total. The van der Waals surface area contributed by atoms with Gasteiger partial charge in [-0.15, -0.1) is 0 Å². The molecule has 0 saturated carbocycles. The maximum absolute atomic E-state index is 12.3. The van der Waals surface area contributed by atoms with Gasteiger partial charge in [0.25, 0.3) is 5.91 Å². The van der Waals surface area contributed by atoms with Gasteiger partial charge in [0.05, 0.1) is 18.4 Å². The Morgan fingerprint density at radius 3 is 2.42 bits per heavy atom. The minimum absolute atomic E-state index is 0.310. The molecule has 0 saturated heterocycles. The van der Waals surface area contributed by atoms with Crippen LogP contribution in [0.2, 0.25) is 0 Å². The first-order valence-corrected chi connectivity index (χ1v) is 7.28. The predicted molar refractivity (Wildman–Crippen MR) is 89.8 cm³/mol. The molecular weight excluding hydrogens is 306 g/mol. The molecule has 6 heteroatoms. The zero-order chi connectivity index (χ0) is 16.9. The number of rotatable bonds is 4. The molecule has 0 aliphatic rings. The van der Waals surface area contributed by atoms with Crippen LogP contribution >= 0.6 is 0 Å². The van der Waals surface area contributed by atoms with Crippen molar-refractivity contribution in [3.63, 3.8) is 0 Å². The van der Waals surface area contributed by atoms with Crippen molar-refractivity contribution in [3.8, 4) is 11.3 Å². The number of benzene rings is 2. The van der Waals surface area contributed by atoms with Gasteiger partial charge in [-0.1, -0.05) is 30.3 Å². The summed E-state index contributed by atoms with van der Waals surface area (Å²) >= 11 is 0. The number of hydrogen-bond donors (Lipinski definition) is 2. The van der Waals surface area contributed by atoms with Crippen molar-refractivity contribution in [3.05, 3.63) is 71.9 Å². The van der Waals surface area contributed by atoms with Crippen molar-refractivity contribution in [2.75, 3.05) is 12.4 Å². The third-order valence-electron chi connectivity index (χ3n) is 3.46. The number of H-pyrrole nitrogens is 1. The molecule has 120 valence electrons. The quantitative estimate of drug-likeness (QED) is 0.723. The highest BCUT2D eigenvalue weighted by Gasteiger charge is 2.12. The highest BCUT2D eigenvalue weighted by atomic mass is 16.5. The molecule has 3 aromatic rings. The zero-order valence-corrected chi connectivity index (χ0v) is 12.9. The van der Waals surface area contributed by atoms with E-state index in [4.69, 9.17) is 0 Å². The van der Waals surface area contributed by atoms with E-state index in [2.05, 4.69) is 20.3 Å². The Kier molecular flexibility index (Phi) is 4.38. The highest BCUT2D eigenvalue weighted by Crippen LogP contribution is 2.18. The largest absolute Gasteiger partial charge is 0.465 e. The van der Waals surface area contributed by atoms with Crippen LogP contribution in [-0.4, -0.2) is 29.2 Å². The third kappa shape index (κ3) is 3.33. The fraction of sp³-hybridized carbons (Fsp3) is 0.0556. The number of aromatic amines is 1. The van der Waals surface area contributed by atoms with E-state index in [1.807, 2.05) is 30.3 Å². The maximum Gasteiger partial charge on any atom is 0.337 e. The molecule has 1 amide bonds. The van der Waals surface area contributed by atoms with Gasteiger partial charge < -0.3 is 10.1 Å². The van der Waals surface area contributed by atoms with Crippen LogP contribution in [0, 0.1) is 0 Å². The van der Waals surface area contributed by atoms with E-state index in [0.29, 0.717) is 22.6 Å². The molecule has 2 aromatic carbocycles. The minimum atomic E-state index is -0.422. The van der Waals surface area contributed by atoms with Crippen molar-refractivity contribution in [1.29, 1.82) is 0 Å². The van der Waals surface area contributed by atoms with Gasteiger partial charge in [-0.3, -0.25) is 9.89 Å². The fourth-order valence-corrected chi connectivity index (χ4v) is 2.20. The number of nitrogens with zero attached hydrogens (tertiary/aromatic N) is 1. The highest BCUT2D eigenvalue weighted by molar-refractivity contribution is 6.03. The fourth-order valence-electron chi connectivity index (χ4n) is 2.20. The Hall–Kier alpha value is -3.41. The lowest BCUT2D eigenvalue weighted by molar-refractivity contribution is 0.0600. The summed E-state index contributed by atoms with van der Waals surface area (Å²) in [4.78, 5) is 23.6. The summed E-state index contributed by atoms with van der Waals surface area (Å²) in [5, 5.41) is 9.62. The molecule has 0 atom stereocenters. The van der Waals surface area contributed by atoms with Gasteiger partial charge in [0, 0.05) is 11.3 Å². The van der Waals surface area contributed by atoms with Crippen LogP contribution in [0.4, 0.5) is 5.69 Å². The first kappa shape index (κ1) is 15.5. The van der Waals surface area contributed by atoms with Gasteiger partial charge in [-0.2, -0.15) is 5.10 Å². The standard InChI is InChI=1S/C18H15N3O3/c1-24-18(23)13-7-9-14(10-8-13)19-17(22)16-11-15(20-21-16)12-5-3-2-4-6-12/h2-11H,1H3,(H,19,22)(H,20,21). The number of amides is 1. The molecule has 3 rings (SSSR count). The van der Waals surface area contributed by atoms with Crippen LogP contribution in [0.15, 0.2) is 60.7 Å². The van der Waals surface area contributed by atoms with Gasteiger partial charge in [-0.05, 0) is 30.3 Å². The Morgan fingerprint density at radius 2 is 1.75 bits per heavy atom.